The first kappa shape index (κ1) is 20.8. The summed E-state index contributed by atoms with van der Waals surface area (Å²) in [4.78, 5) is 12.9. The van der Waals surface area contributed by atoms with Crippen LogP contribution in [-0.4, -0.2) is 53.6 Å². The predicted octanol–water partition coefficient (Wildman–Crippen LogP) is 3.11. The standard InChI is InChI=1S/C23H26F2N6/c1-26-23(28-16-22-27-9-10-31(22)17-18-5-3-2-4-6-18)30-13-11-29(12-14-30)21-15-19(24)7-8-20(21)25/h2-10,15H,11-14,16-17H2,1H3,(H,26,28). The number of imidazole rings is 1. The number of benzene rings is 2. The summed E-state index contributed by atoms with van der Waals surface area (Å²) in [5.74, 6) is 0.865. The van der Waals surface area contributed by atoms with Crippen molar-refractivity contribution in [3.05, 3.63) is 83.9 Å². The fraction of sp³-hybridized carbons (Fsp3) is 0.304. The lowest BCUT2D eigenvalue weighted by Crippen LogP contribution is -2.52. The van der Waals surface area contributed by atoms with Crippen LogP contribution in [0.5, 0.6) is 0 Å². The second-order valence-corrected chi connectivity index (χ2v) is 7.43. The molecule has 0 amide bonds. The highest BCUT2D eigenvalue weighted by Gasteiger charge is 2.22. The van der Waals surface area contributed by atoms with E-state index in [1.54, 1.807) is 13.2 Å². The van der Waals surface area contributed by atoms with Crippen LogP contribution in [-0.2, 0) is 13.1 Å². The molecule has 1 aromatic heterocycles. The number of anilines is 1. The van der Waals surface area contributed by atoms with E-state index in [0.717, 1.165) is 24.4 Å². The molecule has 8 heteroatoms. The van der Waals surface area contributed by atoms with Crippen LogP contribution in [0.4, 0.5) is 14.5 Å². The van der Waals surface area contributed by atoms with Crippen LogP contribution < -0.4 is 10.2 Å². The van der Waals surface area contributed by atoms with E-state index in [-0.39, 0.29) is 0 Å². The molecular formula is C23H26F2N6. The van der Waals surface area contributed by atoms with E-state index in [2.05, 4.69) is 36.9 Å². The van der Waals surface area contributed by atoms with E-state index in [4.69, 9.17) is 0 Å². The van der Waals surface area contributed by atoms with Gasteiger partial charge >= 0.3 is 0 Å². The number of aromatic nitrogens is 2. The Hall–Kier alpha value is -3.42. The van der Waals surface area contributed by atoms with E-state index in [0.29, 0.717) is 38.4 Å². The number of guanidine groups is 1. The van der Waals surface area contributed by atoms with Crippen molar-refractivity contribution >= 4 is 11.6 Å². The van der Waals surface area contributed by atoms with Crippen LogP contribution in [0.1, 0.15) is 11.4 Å². The van der Waals surface area contributed by atoms with Crippen LogP contribution in [0.3, 0.4) is 0 Å². The van der Waals surface area contributed by atoms with Gasteiger partial charge in [0.05, 0.1) is 12.2 Å². The molecule has 2 aromatic carbocycles. The van der Waals surface area contributed by atoms with Crippen LogP contribution in [0, 0.1) is 11.6 Å². The van der Waals surface area contributed by atoms with Gasteiger partial charge in [-0.2, -0.15) is 0 Å². The van der Waals surface area contributed by atoms with E-state index < -0.39 is 11.6 Å². The Kier molecular flexibility index (Phi) is 6.45. The van der Waals surface area contributed by atoms with Gasteiger partial charge in [-0.05, 0) is 17.7 Å². The second-order valence-electron chi connectivity index (χ2n) is 7.43. The third-order valence-corrected chi connectivity index (χ3v) is 5.44. The lowest BCUT2D eigenvalue weighted by atomic mass is 10.2. The van der Waals surface area contributed by atoms with E-state index in [9.17, 15) is 8.78 Å². The summed E-state index contributed by atoms with van der Waals surface area (Å²) in [5.41, 5.74) is 1.53. The van der Waals surface area contributed by atoms with Crippen molar-refractivity contribution < 1.29 is 8.78 Å². The molecule has 1 N–H and O–H groups in total. The highest BCUT2D eigenvalue weighted by atomic mass is 19.1. The van der Waals surface area contributed by atoms with Gasteiger partial charge in [-0.3, -0.25) is 4.99 Å². The minimum absolute atomic E-state index is 0.311. The van der Waals surface area contributed by atoms with Gasteiger partial charge in [0.15, 0.2) is 5.96 Å². The zero-order valence-corrected chi connectivity index (χ0v) is 17.5. The first-order chi connectivity index (χ1) is 15.1. The maximum Gasteiger partial charge on any atom is 0.194 e. The molecule has 2 heterocycles. The van der Waals surface area contributed by atoms with Crippen LogP contribution in [0.25, 0.3) is 0 Å². The third kappa shape index (κ3) is 5.02. The molecule has 0 spiro atoms. The minimum atomic E-state index is -0.428. The van der Waals surface area contributed by atoms with Crippen molar-refractivity contribution in [3.8, 4) is 0 Å². The molecule has 0 radical (unpaired) electrons. The number of hydrogen-bond donors (Lipinski definition) is 1. The number of hydrogen-bond acceptors (Lipinski definition) is 3. The van der Waals surface area contributed by atoms with Gasteiger partial charge in [0.25, 0.3) is 0 Å². The molecule has 1 aliphatic rings. The van der Waals surface area contributed by atoms with Crippen LogP contribution in [0.2, 0.25) is 0 Å². The molecule has 1 saturated heterocycles. The molecule has 1 aliphatic heterocycles. The number of nitrogens with zero attached hydrogens (tertiary/aromatic N) is 5. The Morgan fingerprint density at radius 1 is 1.06 bits per heavy atom. The van der Waals surface area contributed by atoms with E-state index in [1.807, 2.05) is 29.3 Å². The van der Waals surface area contributed by atoms with Gasteiger partial charge in [0.1, 0.15) is 17.5 Å². The Bertz CT molecular complexity index is 1030. The molecule has 31 heavy (non-hydrogen) atoms. The quantitative estimate of drug-likeness (QED) is 0.505. The average molecular weight is 424 g/mol. The molecule has 1 fully saturated rings. The smallest absolute Gasteiger partial charge is 0.194 e. The molecule has 162 valence electrons. The summed E-state index contributed by atoms with van der Waals surface area (Å²) in [6.45, 7) is 3.80. The summed E-state index contributed by atoms with van der Waals surface area (Å²) >= 11 is 0. The Morgan fingerprint density at radius 2 is 1.84 bits per heavy atom. The fourth-order valence-electron chi connectivity index (χ4n) is 3.81. The van der Waals surface area contributed by atoms with Crippen molar-refractivity contribution in [3.63, 3.8) is 0 Å². The molecule has 6 nitrogen and oxygen atoms in total. The summed E-state index contributed by atoms with van der Waals surface area (Å²) in [7, 11) is 1.75. The molecule has 0 aliphatic carbocycles. The van der Waals surface area contributed by atoms with Crippen LogP contribution >= 0.6 is 0 Å². The van der Waals surface area contributed by atoms with Gasteiger partial charge < -0.3 is 19.7 Å². The second kappa shape index (κ2) is 9.59. The predicted molar refractivity (Wildman–Crippen MR) is 118 cm³/mol. The third-order valence-electron chi connectivity index (χ3n) is 5.44. The van der Waals surface area contributed by atoms with Gasteiger partial charge in [-0.1, -0.05) is 30.3 Å². The molecule has 0 saturated carbocycles. The first-order valence-electron chi connectivity index (χ1n) is 10.3. The van der Waals surface area contributed by atoms with Crippen molar-refractivity contribution in [2.45, 2.75) is 13.1 Å². The molecule has 0 unspecified atom stereocenters. The normalized spacial score (nSPS) is 14.7. The lowest BCUT2D eigenvalue weighted by molar-refractivity contribution is 0.369. The molecule has 0 bridgehead atoms. The van der Waals surface area contributed by atoms with Gasteiger partial charge in [-0.15, -0.1) is 0 Å². The molecule has 0 atom stereocenters. The van der Waals surface area contributed by atoms with Crippen molar-refractivity contribution in [2.75, 3.05) is 38.1 Å². The van der Waals surface area contributed by atoms with Crippen molar-refractivity contribution in [1.29, 1.82) is 0 Å². The Morgan fingerprint density at radius 3 is 2.58 bits per heavy atom. The number of aliphatic imine (C=N–C) groups is 1. The number of piperazine rings is 1. The number of nitrogens with one attached hydrogen (secondary N) is 1. The molecular weight excluding hydrogens is 398 g/mol. The summed E-state index contributed by atoms with van der Waals surface area (Å²) in [6.07, 6.45) is 3.77. The van der Waals surface area contributed by atoms with E-state index in [1.165, 1.54) is 17.7 Å². The summed E-state index contributed by atoms with van der Waals surface area (Å²) < 4.78 is 29.7. The van der Waals surface area contributed by atoms with E-state index >= 15 is 0 Å². The SMILES string of the molecule is CN=C(NCc1nccn1Cc1ccccc1)N1CCN(c2cc(F)ccc2F)CC1. The summed E-state index contributed by atoms with van der Waals surface area (Å²) in [6, 6.07) is 13.8. The highest BCUT2D eigenvalue weighted by molar-refractivity contribution is 5.80. The zero-order chi connectivity index (χ0) is 21.6. The van der Waals surface area contributed by atoms with Crippen LogP contribution in [0.15, 0.2) is 65.9 Å². The number of rotatable bonds is 5. The van der Waals surface area contributed by atoms with Gasteiger partial charge in [0.2, 0.25) is 0 Å². The highest BCUT2D eigenvalue weighted by Crippen LogP contribution is 2.22. The largest absolute Gasteiger partial charge is 0.366 e. The Labute approximate surface area is 180 Å². The van der Waals surface area contributed by atoms with Crippen molar-refractivity contribution in [1.82, 2.24) is 19.8 Å². The van der Waals surface area contributed by atoms with Gasteiger partial charge in [0, 0.05) is 58.2 Å². The zero-order valence-electron chi connectivity index (χ0n) is 17.5. The lowest BCUT2D eigenvalue weighted by Gasteiger charge is -2.37. The monoisotopic (exact) mass is 424 g/mol. The maximum atomic E-state index is 14.1. The van der Waals surface area contributed by atoms with Crippen molar-refractivity contribution in [2.24, 2.45) is 4.99 Å². The fourth-order valence-corrected chi connectivity index (χ4v) is 3.81. The maximum absolute atomic E-state index is 14.1. The van der Waals surface area contributed by atoms with Gasteiger partial charge in [-0.25, -0.2) is 13.8 Å². The molecule has 4 rings (SSSR count). The first-order valence-corrected chi connectivity index (χ1v) is 10.3. The number of halogens is 2. The summed E-state index contributed by atoms with van der Waals surface area (Å²) in [5, 5.41) is 3.38. The Balaban J connectivity index is 1.34. The topological polar surface area (TPSA) is 48.7 Å². The minimum Gasteiger partial charge on any atom is -0.366 e. The molecule has 3 aromatic rings. The average Bonchev–Trinajstić information content (AvgIpc) is 3.24.